The standard InChI is InChI=1S/C13H17N3O2/c1-8(2)12-14-11(13(17)18)10-6-5-9(15(3)4)7-16(10)12/h5-8H,1-4H3,(H,17,18). The van der Waals surface area contributed by atoms with E-state index in [0.717, 1.165) is 11.5 Å². The Bertz CT molecular complexity index is 600. The quantitative estimate of drug-likeness (QED) is 0.903. The summed E-state index contributed by atoms with van der Waals surface area (Å²) in [5, 5.41) is 9.17. The summed E-state index contributed by atoms with van der Waals surface area (Å²) in [6, 6.07) is 3.70. The average molecular weight is 247 g/mol. The van der Waals surface area contributed by atoms with Crippen LogP contribution in [0.3, 0.4) is 0 Å². The number of nitrogens with zero attached hydrogens (tertiary/aromatic N) is 3. The Kier molecular flexibility index (Phi) is 2.98. The number of hydrogen-bond donors (Lipinski definition) is 1. The zero-order valence-electron chi connectivity index (χ0n) is 11.0. The number of carbonyl (C=O) groups is 1. The smallest absolute Gasteiger partial charge is 0.356 e. The van der Waals surface area contributed by atoms with Gasteiger partial charge < -0.3 is 14.4 Å². The molecular formula is C13H17N3O2. The first-order valence-electron chi connectivity index (χ1n) is 5.84. The summed E-state index contributed by atoms with van der Waals surface area (Å²) in [6.45, 7) is 4.01. The van der Waals surface area contributed by atoms with Gasteiger partial charge in [0.05, 0.1) is 11.2 Å². The Morgan fingerprint density at radius 3 is 2.56 bits per heavy atom. The van der Waals surface area contributed by atoms with Crippen molar-refractivity contribution in [2.45, 2.75) is 19.8 Å². The van der Waals surface area contributed by atoms with E-state index in [-0.39, 0.29) is 11.6 Å². The number of carboxylic acids is 1. The minimum atomic E-state index is -0.989. The molecule has 0 spiro atoms. The Labute approximate surface area is 106 Å². The molecule has 1 N–H and O–H groups in total. The van der Waals surface area contributed by atoms with Gasteiger partial charge >= 0.3 is 5.97 Å². The van der Waals surface area contributed by atoms with Gasteiger partial charge in [-0.2, -0.15) is 0 Å². The lowest BCUT2D eigenvalue weighted by Gasteiger charge is -2.13. The molecule has 0 aliphatic rings. The lowest BCUT2D eigenvalue weighted by molar-refractivity contribution is 0.0693. The molecule has 0 unspecified atom stereocenters. The number of rotatable bonds is 3. The molecule has 0 amide bonds. The molecule has 5 heteroatoms. The van der Waals surface area contributed by atoms with Crippen molar-refractivity contribution in [2.75, 3.05) is 19.0 Å². The summed E-state index contributed by atoms with van der Waals surface area (Å²) >= 11 is 0. The predicted octanol–water partition coefficient (Wildman–Crippen LogP) is 2.22. The third kappa shape index (κ3) is 1.92. The molecule has 0 aliphatic heterocycles. The van der Waals surface area contributed by atoms with Crippen molar-refractivity contribution in [2.24, 2.45) is 0 Å². The number of hydrogen-bond acceptors (Lipinski definition) is 3. The van der Waals surface area contributed by atoms with Crippen LogP contribution in [-0.2, 0) is 0 Å². The molecule has 5 nitrogen and oxygen atoms in total. The molecule has 2 aromatic heterocycles. The van der Waals surface area contributed by atoms with Crippen LogP contribution >= 0.6 is 0 Å². The maximum atomic E-state index is 11.2. The van der Waals surface area contributed by atoms with Crippen molar-refractivity contribution in [3.63, 3.8) is 0 Å². The SMILES string of the molecule is CC(C)c1nc(C(=O)O)c2ccc(N(C)C)cn12. The summed E-state index contributed by atoms with van der Waals surface area (Å²) in [7, 11) is 3.90. The Morgan fingerprint density at radius 1 is 1.39 bits per heavy atom. The number of aromatic nitrogens is 2. The molecule has 0 saturated carbocycles. The van der Waals surface area contributed by atoms with Gasteiger partial charge in [0.2, 0.25) is 0 Å². The summed E-state index contributed by atoms with van der Waals surface area (Å²) in [6.07, 6.45) is 1.92. The Morgan fingerprint density at radius 2 is 2.06 bits per heavy atom. The summed E-state index contributed by atoms with van der Waals surface area (Å²) in [4.78, 5) is 17.4. The first-order chi connectivity index (χ1) is 8.41. The average Bonchev–Trinajstić information content (AvgIpc) is 2.67. The fourth-order valence-corrected chi connectivity index (χ4v) is 1.93. The fraction of sp³-hybridized carbons (Fsp3) is 0.385. The van der Waals surface area contributed by atoms with Crippen LogP contribution in [0.2, 0.25) is 0 Å². The molecule has 0 aliphatic carbocycles. The zero-order chi connectivity index (χ0) is 13.4. The molecule has 0 radical (unpaired) electrons. The van der Waals surface area contributed by atoms with Gasteiger partial charge in [0.1, 0.15) is 5.82 Å². The fourth-order valence-electron chi connectivity index (χ4n) is 1.93. The van der Waals surface area contributed by atoms with Gasteiger partial charge in [-0.1, -0.05) is 13.8 Å². The van der Waals surface area contributed by atoms with Crippen molar-refractivity contribution in [3.8, 4) is 0 Å². The van der Waals surface area contributed by atoms with E-state index >= 15 is 0 Å². The molecule has 0 saturated heterocycles. The van der Waals surface area contributed by atoms with E-state index in [0.29, 0.717) is 5.52 Å². The number of pyridine rings is 1. The highest BCUT2D eigenvalue weighted by Gasteiger charge is 2.18. The molecule has 0 bridgehead atoms. The summed E-state index contributed by atoms with van der Waals surface area (Å²) in [5.74, 6) is -0.0499. The Balaban J connectivity index is 2.75. The van der Waals surface area contributed by atoms with Crippen molar-refractivity contribution in [1.29, 1.82) is 0 Å². The van der Waals surface area contributed by atoms with Crippen LogP contribution in [0.4, 0.5) is 5.69 Å². The van der Waals surface area contributed by atoms with Crippen LogP contribution in [0.25, 0.3) is 5.52 Å². The summed E-state index contributed by atoms with van der Waals surface area (Å²) < 4.78 is 1.86. The minimum absolute atomic E-state index is 0.115. The molecular weight excluding hydrogens is 230 g/mol. The monoisotopic (exact) mass is 247 g/mol. The second-order valence-corrected chi connectivity index (χ2v) is 4.82. The normalized spacial score (nSPS) is 11.2. The molecule has 2 heterocycles. The van der Waals surface area contributed by atoms with E-state index in [9.17, 15) is 9.90 Å². The highest BCUT2D eigenvalue weighted by molar-refractivity contribution is 5.94. The van der Waals surface area contributed by atoms with Gasteiger partial charge in [-0.15, -0.1) is 0 Å². The van der Waals surface area contributed by atoms with Gasteiger partial charge in [0.25, 0.3) is 0 Å². The number of anilines is 1. The maximum Gasteiger partial charge on any atom is 0.356 e. The highest BCUT2D eigenvalue weighted by Crippen LogP contribution is 2.22. The third-order valence-electron chi connectivity index (χ3n) is 2.88. The van der Waals surface area contributed by atoms with E-state index in [1.165, 1.54) is 0 Å². The lowest BCUT2D eigenvalue weighted by Crippen LogP contribution is -2.10. The molecule has 18 heavy (non-hydrogen) atoms. The Hall–Kier alpha value is -2.04. The van der Waals surface area contributed by atoms with E-state index in [4.69, 9.17) is 0 Å². The number of imidazole rings is 1. The van der Waals surface area contributed by atoms with Crippen molar-refractivity contribution >= 4 is 17.2 Å². The van der Waals surface area contributed by atoms with E-state index in [2.05, 4.69) is 4.98 Å². The molecule has 2 aromatic rings. The molecule has 0 atom stereocenters. The third-order valence-corrected chi connectivity index (χ3v) is 2.88. The molecule has 0 fully saturated rings. The molecule has 0 aromatic carbocycles. The van der Waals surface area contributed by atoms with Crippen LogP contribution in [0.15, 0.2) is 18.3 Å². The second-order valence-electron chi connectivity index (χ2n) is 4.82. The summed E-state index contributed by atoms with van der Waals surface area (Å²) in [5.41, 5.74) is 1.76. The topological polar surface area (TPSA) is 57.8 Å². The van der Waals surface area contributed by atoms with Crippen LogP contribution in [0.5, 0.6) is 0 Å². The highest BCUT2D eigenvalue weighted by atomic mass is 16.4. The first-order valence-corrected chi connectivity index (χ1v) is 5.84. The number of fused-ring (bicyclic) bond motifs is 1. The minimum Gasteiger partial charge on any atom is -0.476 e. The van der Waals surface area contributed by atoms with Crippen molar-refractivity contribution < 1.29 is 9.90 Å². The number of carboxylic acid groups (broad SMARTS) is 1. The van der Waals surface area contributed by atoms with Crippen LogP contribution in [0.1, 0.15) is 36.1 Å². The van der Waals surface area contributed by atoms with Crippen LogP contribution in [-0.4, -0.2) is 34.6 Å². The lowest BCUT2D eigenvalue weighted by atomic mass is 10.2. The van der Waals surface area contributed by atoms with Crippen LogP contribution in [0, 0.1) is 0 Å². The largest absolute Gasteiger partial charge is 0.476 e. The number of aromatic carboxylic acids is 1. The first kappa shape index (κ1) is 12.4. The van der Waals surface area contributed by atoms with E-state index in [1.807, 2.05) is 49.5 Å². The van der Waals surface area contributed by atoms with E-state index in [1.54, 1.807) is 6.07 Å². The van der Waals surface area contributed by atoms with E-state index < -0.39 is 5.97 Å². The zero-order valence-corrected chi connectivity index (χ0v) is 11.0. The van der Waals surface area contributed by atoms with Gasteiger partial charge in [-0.3, -0.25) is 0 Å². The van der Waals surface area contributed by atoms with Gasteiger partial charge in [0, 0.05) is 26.2 Å². The predicted molar refractivity (Wildman–Crippen MR) is 70.6 cm³/mol. The second kappa shape index (κ2) is 4.33. The van der Waals surface area contributed by atoms with Gasteiger partial charge in [-0.05, 0) is 12.1 Å². The van der Waals surface area contributed by atoms with Crippen molar-refractivity contribution in [1.82, 2.24) is 9.38 Å². The molecule has 2 rings (SSSR count). The van der Waals surface area contributed by atoms with Gasteiger partial charge in [0.15, 0.2) is 5.69 Å². The molecule has 96 valence electrons. The van der Waals surface area contributed by atoms with Gasteiger partial charge in [-0.25, -0.2) is 9.78 Å². The maximum absolute atomic E-state index is 11.2. The van der Waals surface area contributed by atoms with Crippen molar-refractivity contribution in [3.05, 3.63) is 29.8 Å². The van der Waals surface area contributed by atoms with Crippen LogP contribution < -0.4 is 4.90 Å².